The molecule has 1 aliphatic rings. The summed E-state index contributed by atoms with van der Waals surface area (Å²) < 4.78 is 18.2. The Morgan fingerprint density at radius 1 is 0.971 bits per heavy atom. The second kappa shape index (κ2) is 9.24. The Kier molecular flexibility index (Phi) is 6.52. The van der Waals surface area contributed by atoms with E-state index in [9.17, 15) is 4.79 Å². The SMILES string of the molecule is Cc1cc(C)c(B2OC(C)(C)C(C)(C)O2)cc1NC(=O)c1ccc(OCc2ccccn2)cc1. The van der Waals surface area contributed by atoms with Gasteiger partial charge in [-0.3, -0.25) is 9.78 Å². The minimum Gasteiger partial charge on any atom is -0.487 e. The number of amides is 1. The maximum absolute atomic E-state index is 13.0. The number of aromatic nitrogens is 1. The summed E-state index contributed by atoms with van der Waals surface area (Å²) in [6.45, 7) is 12.5. The topological polar surface area (TPSA) is 69.7 Å². The number of rotatable bonds is 6. The lowest BCUT2D eigenvalue weighted by Crippen LogP contribution is -2.41. The molecule has 0 spiro atoms. The molecular weight excluding hydrogens is 427 g/mol. The van der Waals surface area contributed by atoms with Gasteiger partial charge in [0, 0.05) is 17.4 Å². The monoisotopic (exact) mass is 458 g/mol. The van der Waals surface area contributed by atoms with E-state index >= 15 is 0 Å². The van der Waals surface area contributed by atoms with Gasteiger partial charge in [-0.25, -0.2) is 0 Å². The van der Waals surface area contributed by atoms with Gasteiger partial charge in [0.05, 0.1) is 16.9 Å². The average molecular weight is 458 g/mol. The Balaban J connectivity index is 1.46. The zero-order chi connectivity index (χ0) is 24.5. The number of carbonyl (C=O) groups is 1. The van der Waals surface area contributed by atoms with Crippen molar-refractivity contribution in [3.8, 4) is 5.75 Å². The zero-order valence-electron chi connectivity index (χ0n) is 20.6. The van der Waals surface area contributed by atoms with E-state index in [-0.39, 0.29) is 5.91 Å². The minimum atomic E-state index is -0.489. The fourth-order valence-electron chi connectivity index (χ4n) is 3.77. The molecule has 0 unspecified atom stereocenters. The Labute approximate surface area is 201 Å². The van der Waals surface area contributed by atoms with Crippen LogP contribution < -0.4 is 15.5 Å². The van der Waals surface area contributed by atoms with Crippen molar-refractivity contribution < 1.29 is 18.8 Å². The summed E-state index contributed by atoms with van der Waals surface area (Å²) in [6, 6.07) is 16.8. The molecule has 2 aromatic carbocycles. The van der Waals surface area contributed by atoms with Gasteiger partial charge in [-0.1, -0.05) is 17.7 Å². The fraction of sp³-hybridized carbons (Fsp3) is 0.333. The molecule has 34 heavy (non-hydrogen) atoms. The summed E-state index contributed by atoms with van der Waals surface area (Å²) in [6.07, 6.45) is 1.73. The number of carbonyl (C=O) groups excluding carboxylic acids is 1. The van der Waals surface area contributed by atoms with Crippen LogP contribution in [0.4, 0.5) is 5.69 Å². The van der Waals surface area contributed by atoms with Crippen LogP contribution in [0.3, 0.4) is 0 Å². The Morgan fingerprint density at radius 2 is 1.65 bits per heavy atom. The Bertz CT molecular complexity index is 1160. The lowest BCUT2D eigenvalue weighted by Gasteiger charge is -2.32. The third-order valence-corrected chi connectivity index (χ3v) is 6.60. The van der Waals surface area contributed by atoms with Crippen LogP contribution in [-0.2, 0) is 15.9 Å². The average Bonchev–Trinajstić information content (AvgIpc) is 3.01. The van der Waals surface area contributed by atoms with E-state index in [4.69, 9.17) is 14.0 Å². The normalized spacial score (nSPS) is 16.4. The molecule has 4 rings (SSSR count). The van der Waals surface area contributed by atoms with Gasteiger partial charge in [-0.15, -0.1) is 0 Å². The highest BCUT2D eigenvalue weighted by Gasteiger charge is 2.52. The van der Waals surface area contributed by atoms with E-state index in [1.807, 2.05) is 71.9 Å². The van der Waals surface area contributed by atoms with Crippen LogP contribution in [0.1, 0.15) is 54.9 Å². The maximum Gasteiger partial charge on any atom is 0.495 e. The van der Waals surface area contributed by atoms with Gasteiger partial charge < -0.3 is 19.4 Å². The molecule has 1 saturated heterocycles. The third-order valence-electron chi connectivity index (χ3n) is 6.60. The van der Waals surface area contributed by atoms with Crippen LogP contribution in [0.2, 0.25) is 0 Å². The molecule has 0 saturated carbocycles. The van der Waals surface area contributed by atoms with E-state index in [2.05, 4.69) is 10.3 Å². The number of nitrogens with zero attached hydrogens (tertiary/aromatic N) is 1. The Hall–Kier alpha value is -3.16. The summed E-state index contributed by atoms with van der Waals surface area (Å²) >= 11 is 0. The minimum absolute atomic E-state index is 0.192. The number of pyridine rings is 1. The molecule has 176 valence electrons. The van der Waals surface area contributed by atoms with E-state index in [0.29, 0.717) is 17.9 Å². The second-order valence-electron chi connectivity index (χ2n) is 9.70. The largest absolute Gasteiger partial charge is 0.495 e. The second-order valence-corrected chi connectivity index (χ2v) is 9.70. The standard InChI is InChI=1S/C27H31BN2O4/c1-18-15-19(2)24(16-23(18)28-33-26(3,4)27(5,6)34-28)30-25(31)20-10-12-22(13-11-20)32-17-21-9-7-8-14-29-21/h7-16H,17H2,1-6H3,(H,30,31). The molecule has 1 aromatic heterocycles. The first kappa shape index (κ1) is 24.0. The number of benzene rings is 2. The molecule has 3 aromatic rings. The highest BCUT2D eigenvalue weighted by atomic mass is 16.7. The van der Waals surface area contributed by atoms with E-state index in [1.54, 1.807) is 30.5 Å². The van der Waals surface area contributed by atoms with Crippen LogP contribution in [0, 0.1) is 13.8 Å². The Morgan fingerprint density at radius 3 is 2.26 bits per heavy atom. The van der Waals surface area contributed by atoms with Crippen molar-refractivity contribution >= 4 is 24.2 Å². The van der Waals surface area contributed by atoms with Gasteiger partial charge >= 0.3 is 7.12 Å². The van der Waals surface area contributed by atoms with Crippen LogP contribution in [-0.4, -0.2) is 29.2 Å². The molecule has 2 heterocycles. The first-order chi connectivity index (χ1) is 16.1. The lowest BCUT2D eigenvalue weighted by molar-refractivity contribution is 0.00578. The number of ether oxygens (including phenoxy) is 1. The molecule has 1 aliphatic heterocycles. The number of hydrogen-bond acceptors (Lipinski definition) is 5. The summed E-state index contributed by atoms with van der Waals surface area (Å²) in [4.78, 5) is 17.2. The van der Waals surface area contributed by atoms with Gasteiger partial charge in [0.25, 0.3) is 5.91 Å². The highest BCUT2D eigenvalue weighted by molar-refractivity contribution is 6.62. The number of hydrogen-bond donors (Lipinski definition) is 1. The molecule has 0 aliphatic carbocycles. The smallest absolute Gasteiger partial charge is 0.487 e. The molecule has 1 N–H and O–H groups in total. The van der Waals surface area contributed by atoms with Crippen molar-refractivity contribution in [3.63, 3.8) is 0 Å². The van der Waals surface area contributed by atoms with Crippen LogP contribution in [0.15, 0.2) is 60.8 Å². The van der Waals surface area contributed by atoms with E-state index < -0.39 is 18.3 Å². The van der Waals surface area contributed by atoms with E-state index in [0.717, 1.165) is 28.0 Å². The van der Waals surface area contributed by atoms with Gasteiger partial charge in [-0.05, 0) is 95.0 Å². The summed E-state index contributed by atoms with van der Waals surface area (Å²) in [5.74, 6) is 0.486. The van der Waals surface area contributed by atoms with Crippen LogP contribution in [0.25, 0.3) is 0 Å². The highest BCUT2D eigenvalue weighted by Crippen LogP contribution is 2.37. The first-order valence-electron chi connectivity index (χ1n) is 11.5. The van der Waals surface area contributed by atoms with Crippen molar-refractivity contribution in [2.75, 3.05) is 5.32 Å². The predicted molar refractivity (Wildman–Crippen MR) is 135 cm³/mol. The lowest BCUT2D eigenvalue weighted by atomic mass is 9.75. The maximum atomic E-state index is 13.0. The molecule has 0 bridgehead atoms. The zero-order valence-corrected chi connectivity index (χ0v) is 20.6. The van der Waals surface area contributed by atoms with Crippen molar-refractivity contribution in [1.29, 1.82) is 0 Å². The van der Waals surface area contributed by atoms with Crippen LogP contribution in [0.5, 0.6) is 5.75 Å². The number of aryl methyl sites for hydroxylation is 2. The summed E-state index contributed by atoms with van der Waals surface area (Å²) in [5.41, 5.74) is 4.20. The molecule has 1 amide bonds. The van der Waals surface area contributed by atoms with Gasteiger partial charge in [-0.2, -0.15) is 0 Å². The van der Waals surface area contributed by atoms with Crippen molar-refractivity contribution in [1.82, 2.24) is 4.98 Å². The molecule has 0 atom stereocenters. The third kappa shape index (κ3) is 5.01. The number of anilines is 1. The molecular formula is C27H31BN2O4. The van der Waals surface area contributed by atoms with Gasteiger partial charge in [0.15, 0.2) is 0 Å². The summed E-state index contributed by atoms with van der Waals surface area (Å²) in [7, 11) is -0.489. The van der Waals surface area contributed by atoms with Gasteiger partial charge in [0.1, 0.15) is 12.4 Å². The van der Waals surface area contributed by atoms with Crippen molar-refractivity contribution in [3.05, 3.63) is 83.2 Å². The van der Waals surface area contributed by atoms with Crippen molar-refractivity contribution in [2.24, 2.45) is 0 Å². The molecule has 6 nitrogen and oxygen atoms in total. The first-order valence-corrected chi connectivity index (χ1v) is 11.5. The number of nitrogens with one attached hydrogen (secondary N) is 1. The molecule has 0 radical (unpaired) electrons. The van der Waals surface area contributed by atoms with Crippen LogP contribution >= 0.6 is 0 Å². The fourth-order valence-corrected chi connectivity index (χ4v) is 3.77. The summed E-state index contributed by atoms with van der Waals surface area (Å²) in [5, 5.41) is 3.04. The van der Waals surface area contributed by atoms with Gasteiger partial charge in [0.2, 0.25) is 0 Å². The quantitative estimate of drug-likeness (QED) is 0.536. The molecule has 7 heteroatoms. The molecule has 1 fully saturated rings. The van der Waals surface area contributed by atoms with E-state index in [1.165, 1.54) is 0 Å². The van der Waals surface area contributed by atoms with Crippen molar-refractivity contribution in [2.45, 2.75) is 59.4 Å². The predicted octanol–water partition coefficient (Wildman–Crippen LogP) is 4.83.